The van der Waals surface area contributed by atoms with Gasteiger partial charge in [0.2, 0.25) is 0 Å². The zero-order chi connectivity index (χ0) is 8.10. The van der Waals surface area contributed by atoms with E-state index in [1.54, 1.807) is 11.3 Å². The number of nitrogens with zero attached hydrogens (tertiary/aromatic N) is 1. The van der Waals surface area contributed by atoms with Gasteiger partial charge in [0.05, 0.1) is 0 Å². The lowest BCUT2D eigenvalue weighted by Gasteiger charge is -1.93. The van der Waals surface area contributed by atoms with Crippen LogP contribution in [0.5, 0.6) is 0 Å². The zero-order valence-corrected chi connectivity index (χ0v) is 8.17. The van der Waals surface area contributed by atoms with E-state index in [0.29, 0.717) is 5.13 Å². The van der Waals surface area contributed by atoms with Gasteiger partial charge in [0.25, 0.3) is 0 Å². The molecule has 2 nitrogen and oxygen atoms in total. The van der Waals surface area contributed by atoms with E-state index >= 15 is 0 Å². The largest absolute Gasteiger partial charge is 0.375 e. The number of anilines is 1. The number of thioether (sulfide) groups is 1. The molecular formula is C7H12N2S2. The van der Waals surface area contributed by atoms with E-state index in [1.165, 1.54) is 17.1 Å². The Hall–Kier alpha value is -0.220. The monoisotopic (exact) mass is 188 g/mol. The SMILES string of the molecule is CCCSCc1cnc(N)s1. The molecule has 0 atom stereocenters. The van der Waals surface area contributed by atoms with Crippen LogP contribution in [0.4, 0.5) is 5.13 Å². The Labute approximate surface area is 75.2 Å². The van der Waals surface area contributed by atoms with Crippen molar-refractivity contribution in [2.45, 2.75) is 19.1 Å². The van der Waals surface area contributed by atoms with Crippen molar-refractivity contribution < 1.29 is 0 Å². The van der Waals surface area contributed by atoms with Gasteiger partial charge in [-0.3, -0.25) is 0 Å². The van der Waals surface area contributed by atoms with E-state index in [9.17, 15) is 0 Å². The molecule has 0 aliphatic rings. The predicted molar refractivity (Wildman–Crippen MR) is 53.0 cm³/mol. The lowest BCUT2D eigenvalue weighted by atomic mass is 10.6. The molecule has 62 valence electrons. The standard InChI is InChI=1S/C7H12N2S2/c1-2-3-10-5-6-4-9-7(8)11-6/h4H,2-3,5H2,1H3,(H2,8,9). The smallest absolute Gasteiger partial charge is 0.180 e. The molecule has 0 radical (unpaired) electrons. The lowest BCUT2D eigenvalue weighted by molar-refractivity contribution is 1.10. The Morgan fingerprint density at radius 1 is 1.73 bits per heavy atom. The molecule has 0 unspecified atom stereocenters. The number of nitrogen functional groups attached to an aromatic ring is 1. The fourth-order valence-electron chi connectivity index (χ4n) is 0.706. The first-order valence-electron chi connectivity index (χ1n) is 3.61. The second kappa shape index (κ2) is 4.62. The van der Waals surface area contributed by atoms with Gasteiger partial charge < -0.3 is 5.73 Å². The fourth-order valence-corrected chi connectivity index (χ4v) is 2.38. The normalized spacial score (nSPS) is 10.3. The number of rotatable bonds is 4. The maximum absolute atomic E-state index is 5.48. The third-order valence-corrected chi connectivity index (χ3v) is 3.39. The van der Waals surface area contributed by atoms with E-state index in [2.05, 4.69) is 11.9 Å². The van der Waals surface area contributed by atoms with Gasteiger partial charge in [-0.05, 0) is 12.2 Å². The Balaban J connectivity index is 2.27. The van der Waals surface area contributed by atoms with Crippen LogP contribution in [0.3, 0.4) is 0 Å². The van der Waals surface area contributed by atoms with Crippen molar-refractivity contribution >= 4 is 28.2 Å². The molecule has 0 bridgehead atoms. The van der Waals surface area contributed by atoms with Gasteiger partial charge >= 0.3 is 0 Å². The molecule has 0 aromatic carbocycles. The second-order valence-electron chi connectivity index (χ2n) is 2.22. The van der Waals surface area contributed by atoms with Gasteiger partial charge in [0.1, 0.15) is 0 Å². The van der Waals surface area contributed by atoms with Crippen LogP contribution in [-0.4, -0.2) is 10.7 Å². The van der Waals surface area contributed by atoms with Crippen molar-refractivity contribution in [3.8, 4) is 0 Å². The van der Waals surface area contributed by atoms with E-state index in [0.717, 1.165) is 5.75 Å². The van der Waals surface area contributed by atoms with Crippen LogP contribution in [0.2, 0.25) is 0 Å². The fraction of sp³-hybridized carbons (Fsp3) is 0.571. The summed E-state index contributed by atoms with van der Waals surface area (Å²) in [6.07, 6.45) is 3.10. The number of aromatic nitrogens is 1. The third-order valence-electron chi connectivity index (χ3n) is 1.16. The van der Waals surface area contributed by atoms with E-state index < -0.39 is 0 Å². The van der Waals surface area contributed by atoms with Crippen molar-refractivity contribution in [2.75, 3.05) is 11.5 Å². The summed E-state index contributed by atoms with van der Waals surface area (Å²) in [7, 11) is 0. The number of hydrogen-bond acceptors (Lipinski definition) is 4. The average Bonchev–Trinajstić information content (AvgIpc) is 2.37. The molecule has 11 heavy (non-hydrogen) atoms. The first kappa shape index (κ1) is 8.87. The van der Waals surface area contributed by atoms with Crippen molar-refractivity contribution in [1.29, 1.82) is 0 Å². The van der Waals surface area contributed by atoms with Gasteiger partial charge in [-0.2, -0.15) is 11.8 Å². The summed E-state index contributed by atoms with van der Waals surface area (Å²) in [6, 6.07) is 0. The van der Waals surface area contributed by atoms with Crippen molar-refractivity contribution in [3.05, 3.63) is 11.1 Å². The first-order valence-corrected chi connectivity index (χ1v) is 5.58. The minimum absolute atomic E-state index is 0.678. The molecule has 0 saturated carbocycles. The van der Waals surface area contributed by atoms with Crippen LogP contribution >= 0.6 is 23.1 Å². The summed E-state index contributed by atoms with van der Waals surface area (Å²) in [5.41, 5.74) is 5.48. The summed E-state index contributed by atoms with van der Waals surface area (Å²) in [6.45, 7) is 2.19. The van der Waals surface area contributed by atoms with Crippen molar-refractivity contribution in [2.24, 2.45) is 0 Å². The molecule has 0 aliphatic carbocycles. The quantitative estimate of drug-likeness (QED) is 0.737. The molecule has 0 fully saturated rings. The number of hydrogen-bond donors (Lipinski definition) is 1. The predicted octanol–water partition coefficient (Wildman–Crippen LogP) is 2.37. The average molecular weight is 188 g/mol. The minimum Gasteiger partial charge on any atom is -0.375 e. The molecule has 1 aromatic rings. The maximum Gasteiger partial charge on any atom is 0.180 e. The summed E-state index contributed by atoms with van der Waals surface area (Å²) in [5, 5.41) is 0.678. The van der Waals surface area contributed by atoms with Gasteiger partial charge in [-0.1, -0.05) is 6.92 Å². The third kappa shape index (κ3) is 3.12. The van der Waals surface area contributed by atoms with E-state index in [4.69, 9.17) is 5.73 Å². The minimum atomic E-state index is 0.678. The molecule has 0 aliphatic heterocycles. The van der Waals surface area contributed by atoms with Crippen LogP contribution < -0.4 is 5.73 Å². The molecule has 1 aromatic heterocycles. The molecule has 1 heterocycles. The van der Waals surface area contributed by atoms with Crippen molar-refractivity contribution in [1.82, 2.24) is 4.98 Å². The van der Waals surface area contributed by atoms with E-state index in [-0.39, 0.29) is 0 Å². The van der Waals surface area contributed by atoms with Gasteiger partial charge in [0, 0.05) is 16.8 Å². The highest BCUT2D eigenvalue weighted by atomic mass is 32.2. The highest BCUT2D eigenvalue weighted by molar-refractivity contribution is 7.98. The maximum atomic E-state index is 5.48. The lowest BCUT2D eigenvalue weighted by Crippen LogP contribution is -1.77. The molecule has 2 N–H and O–H groups in total. The summed E-state index contributed by atoms with van der Waals surface area (Å²) in [4.78, 5) is 5.26. The zero-order valence-electron chi connectivity index (χ0n) is 6.54. The first-order chi connectivity index (χ1) is 5.33. The van der Waals surface area contributed by atoms with Gasteiger partial charge in [-0.15, -0.1) is 11.3 Å². The molecular weight excluding hydrogens is 176 g/mol. The molecule has 4 heteroatoms. The summed E-state index contributed by atoms with van der Waals surface area (Å²) < 4.78 is 0. The highest BCUT2D eigenvalue weighted by Crippen LogP contribution is 2.20. The van der Waals surface area contributed by atoms with Crippen LogP contribution in [0, 0.1) is 0 Å². The van der Waals surface area contributed by atoms with Crippen LogP contribution in [0.1, 0.15) is 18.2 Å². The van der Waals surface area contributed by atoms with Crippen LogP contribution in [-0.2, 0) is 5.75 Å². The van der Waals surface area contributed by atoms with Crippen molar-refractivity contribution in [3.63, 3.8) is 0 Å². The van der Waals surface area contributed by atoms with Crippen LogP contribution in [0.15, 0.2) is 6.20 Å². The Kier molecular flexibility index (Phi) is 3.72. The summed E-state index contributed by atoms with van der Waals surface area (Å²) in [5.74, 6) is 2.28. The van der Waals surface area contributed by atoms with E-state index in [1.807, 2.05) is 18.0 Å². The topological polar surface area (TPSA) is 38.9 Å². The van der Waals surface area contributed by atoms with Gasteiger partial charge in [0.15, 0.2) is 5.13 Å². The molecule has 0 amide bonds. The van der Waals surface area contributed by atoms with Crippen LogP contribution in [0.25, 0.3) is 0 Å². The Morgan fingerprint density at radius 2 is 2.55 bits per heavy atom. The Bertz CT molecular complexity index is 210. The summed E-state index contributed by atoms with van der Waals surface area (Å²) >= 11 is 3.52. The molecule has 0 saturated heterocycles. The second-order valence-corrected chi connectivity index (χ2v) is 4.47. The molecule has 1 rings (SSSR count). The highest BCUT2D eigenvalue weighted by Gasteiger charge is 1.97. The number of nitrogens with two attached hydrogens (primary N) is 1. The van der Waals surface area contributed by atoms with Gasteiger partial charge in [-0.25, -0.2) is 4.98 Å². The Morgan fingerprint density at radius 3 is 3.09 bits per heavy atom. The number of thiazole rings is 1. The molecule has 0 spiro atoms.